The number of rotatable bonds is 13. The summed E-state index contributed by atoms with van der Waals surface area (Å²) >= 11 is 0. The molecule has 3 aromatic rings. The topological polar surface area (TPSA) is 203 Å². The van der Waals surface area contributed by atoms with Crippen molar-refractivity contribution in [2.45, 2.75) is 90.1 Å². The van der Waals surface area contributed by atoms with Crippen LogP contribution in [0.5, 0.6) is 0 Å². The molecule has 49 heavy (non-hydrogen) atoms. The van der Waals surface area contributed by atoms with E-state index >= 15 is 0 Å². The maximum Gasteiger partial charge on any atom is 0.338 e. The minimum absolute atomic E-state index is 0.155. The molecular weight excluding hydrogens is 634 g/mol. The molecule has 0 bridgehead atoms. The highest BCUT2D eigenvalue weighted by Gasteiger charge is 2.35. The summed E-state index contributed by atoms with van der Waals surface area (Å²) < 4.78 is 6.65. The van der Waals surface area contributed by atoms with Crippen molar-refractivity contribution in [1.82, 2.24) is 35.7 Å². The van der Waals surface area contributed by atoms with Gasteiger partial charge in [0.2, 0.25) is 11.8 Å². The van der Waals surface area contributed by atoms with Crippen LogP contribution in [-0.4, -0.2) is 95.9 Å². The summed E-state index contributed by atoms with van der Waals surface area (Å²) in [6, 6.07) is 11.8. The summed E-state index contributed by atoms with van der Waals surface area (Å²) in [5.41, 5.74) is 0.513. The van der Waals surface area contributed by atoms with E-state index in [9.17, 15) is 33.9 Å². The number of ketones is 1. The van der Waals surface area contributed by atoms with Crippen LogP contribution < -0.4 is 10.6 Å². The van der Waals surface area contributed by atoms with Crippen molar-refractivity contribution in [3.63, 3.8) is 0 Å². The molecule has 2 unspecified atom stereocenters. The largest absolute Gasteiger partial charge is 0.481 e. The second-order valence-corrected chi connectivity index (χ2v) is 12.9. The average molecular weight is 676 g/mol. The molecule has 0 radical (unpaired) electrons. The SMILES string of the molecule is CC(C(=O)NC(CC(=O)O)C(=O)Cn1nnnc1Cc1ccccc1)N1CCCC[C@H](NC(=O)c2cccc(C(=O)OC(C)(C)C)c2)C1=O. The molecule has 260 valence electrons. The van der Waals surface area contributed by atoms with E-state index in [1.54, 1.807) is 26.8 Å². The van der Waals surface area contributed by atoms with Gasteiger partial charge >= 0.3 is 11.9 Å². The molecule has 1 fully saturated rings. The van der Waals surface area contributed by atoms with E-state index < -0.39 is 65.6 Å². The third-order valence-corrected chi connectivity index (χ3v) is 7.84. The summed E-state index contributed by atoms with van der Waals surface area (Å²) in [5, 5.41) is 26.2. The Morgan fingerprint density at radius 2 is 1.73 bits per heavy atom. The molecule has 3 atom stereocenters. The number of carboxylic acids is 1. The Balaban J connectivity index is 1.42. The number of Topliss-reactive ketones (excluding diaryl/α,β-unsaturated/α-hetero) is 1. The zero-order chi connectivity index (χ0) is 35.7. The quantitative estimate of drug-likeness (QED) is 0.224. The van der Waals surface area contributed by atoms with Gasteiger partial charge < -0.3 is 25.4 Å². The van der Waals surface area contributed by atoms with Gasteiger partial charge in [-0.25, -0.2) is 9.48 Å². The molecule has 3 amide bonds. The van der Waals surface area contributed by atoms with E-state index in [1.165, 1.54) is 34.7 Å². The number of ether oxygens (including phenoxy) is 1. The van der Waals surface area contributed by atoms with Crippen molar-refractivity contribution in [2.24, 2.45) is 0 Å². The van der Waals surface area contributed by atoms with Gasteiger partial charge in [-0.2, -0.15) is 0 Å². The number of carbonyl (C=O) groups excluding carboxylic acids is 5. The molecule has 1 aliphatic heterocycles. The standard InChI is InChI=1S/C34H41N7O8/c1-21(30(45)36-26(19-29(43)44)27(42)20-41-28(37-38-39-41)17-22-11-6-5-7-12-22)40-16-9-8-15-25(32(40)47)35-31(46)23-13-10-14-24(18-23)33(48)49-34(2,3)4/h5-7,10-14,18,21,25-26H,8-9,15-17,19-20H2,1-4H3,(H,35,46)(H,36,45)(H,43,44)/t21?,25-,26?/m0/s1. The highest BCUT2D eigenvalue weighted by molar-refractivity contribution is 6.01. The number of carboxylic acid groups (broad SMARTS) is 1. The second kappa shape index (κ2) is 16.1. The van der Waals surface area contributed by atoms with Crippen LogP contribution in [0.1, 0.15) is 85.5 Å². The fourth-order valence-electron chi connectivity index (χ4n) is 5.31. The lowest BCUT2D eigenvalue weighted by Gasteiger charge is -2.30. The molecule has 15 nitrogen and oxygen atoms in total. The number of nitrogens with zero attached hydrogens (tertiary/aromatic N) is 5. The molecule has 0 spiro atoms. The summed E-state index contributed by atoms with van der Waals surface area (Å²) in [4.78, 5) is 79.1. The molecular formula is C34H41N7O8. The number of hydrogen-bond donors (Lipinski definition) is 3. The molecule has 15 heteroatoms. The smallest absolute Gasteiger partial charge is 0.338 e. The average Bonchev–Trinajstić information content (AvgIpc) is 3.39. The van der Waals surface area contributed by atoms with Crippen molar-refractivity contribution in [3.05, 3.63) is 77.1 Å². The van der Waals surface area contributed by atoms with Crippen LogP contribution in [-0.2, 0) is 36.9 Å². The van der Waals surface area contributed by atoms with Crippen molar-refractivity contribution < 1.29 is 38.6 Å². The van der Waals surface area contributed by atoms with Crippen molar-refractivity contribution in [2.75, 3.05) is 6.54 Å². The highest BCUT2D eigenvalue weighted by Crippen LogP contribution is 2.18. The van der Waals surface area contributed by atoms with Gasteiger partial charge in [-0.05, 0) is 81.1 Å². The van der Waals surface area contributed by atoms with E-state index in [0.29, 0.717) is 31.5 Å². The number of aromatic nitrogens is 4. The van der Waals surface area contributed by atoms with Crippen molar-refractivity contribution >= 4 is 35.4 Å². The van der Waals surface area contributed by atoms with Gasteiger partial charge in [0.15, 0.2) is 11.6 Å². The van der Waals surface area contributed by atoms with Gasteiger partial charge in [0.25, 0.3) is 5.91 Å². The van der Waals surface area contributed by atoms with Gasteiger partial charge in [0.1, 0.15) is 24.2 Å². The normalized spacial score (nSPS) is 16.2. The number of esters is 1. The number of benzene rings is 2. The molecule has 2 aromatic carbocycles. The Morgan fingerprint density at radius 3 is 2.43 bits per heavy atom. The Kier molecular flexibility index (Phi) is 11.9. The highest BCUT2D eigenvalue weighted by atomic mass is 16.6. The molecule has 2 heterocycles. The number of tetrazole rings is 1. The van der Waals surface area contributed by atoms with Crippen LogP contribution in [0.25, 0.3) is 0 Å². The fourth-order valence-corrected chi connectivity index (χ4v) is 5.31. The predicted molar refractivity (Wildman–Crippen MR) is 174 cm³/mol. The van der Waals surface area contributed by atoms with Crippen LogP contribution in [0.4, 0.5) is 0 Å². The number of carbonyl (C=O) groups is 6. The fraction of sp³-hybridized carbons (Fsp3) is 0.441. The zero-order valence-corrected chi connectivity index (χ0v) is 27.9. The summed E-state index contributed by atoms with van der Waals surface area (Å²) in [6.45, 7) is 6.50. The van der Waals surface area contributed by atoms with Crippen LogP contribution in [0.15, 0.2) is 54.6 Å². The summed E-state index contributed by atoms with van der Waals surface area (Å²) in [7, 11) is 0. The third kappa shape index (κ3) is 10.3. The molecule has 0 aliphatic carbocycles. The van der Waals surface area contributed by atoms with Crippen LogP contribution in [0.2, 0.25) is 0 Å². The van der Waals surface area contributed by atoms with Crippen LogP contribution >= 0.6 is 0 Å². The third-order valence-electron chi connectivity index (χ3n) is 7.84. The maximum absolute atomic E-state index is 13.7. The maximum atomic E-state index is 13.7. The molecule has 1 saturated heterocycles. The van der Waals surface area contributed by atoms with Crippen LogP contribution in [0.3, 0.4) is 0 Å². The lowest BCUT2D eigenvalue weighted by atomic mass is 10.1. The summed E-state index contributed by atoms with van der Waals surface area (Å²) in [5.74, 6) is -3.97. The zero-order valence-electron chi connectivity index (χ0n) is 27.9. The van der Waals surface area contributed by atoms with Gasteiger partial charge in [0.05, 0.1) is 18.0 Å². The first kappa shape index (κ1) is 36.4. The predicted octanol–water partition coefficient (Wildman–Crippen LogP) is 1.95. The number of likely N-dealkylation sites (tertiary alicyclic amines) is 1. The van der Waals surface area contributed by atoms with E-state index in [-0.39, 0.29) is 24.2 Å². The van der Waals surface area contributed by atoms with Gasteiger partial charge in [-0.15, -0.1) is 5.10 Å². The van der Waals surface area contributed by atoms with Crippen molar-refractivity contribution in [3.8, 4) is 0 Å². The monoisotopic (exact) mass is 675 g/mol. The lowest BCUT2D eigenvalue weighted by Crippen LogP contribution is -2.56. The number of amides is 3. The molecule has 0 saturated carbocycles. The Labute approximate surface area is 283 Å². The number of nitrogens with one attached hydrogen (secondary N) is 2. The Morgan fingerprint density at radius 1 is 1.02 bits per heavy atom. The Bertz CT molecular complexity index is 1680. The molecule has 4 rings (SSSR count). The van der Waals surface area contributed by atoms with E-state index in [4.69, 9.17) is 4.74 Å². The summed E-state index contributed by atoms with van der Waals surface area (Å²) in [6.07, 6.45) is 1.08. The van der Waals surface area contributed by atoms with Gasteiger partial charge in [-0.1, -0.05) is 36.4 Å². The van der Waals surface area contributed by atoms with E-state index in [1.807, 2.05) is 30.3 Å². The van der Waals surface area contributed by atoms with Crippen molar-refractivity contribution in [1.29, 1.82) is 0 Å². The number of hydrogen-bond acceptors (Lipinski definition) is 10. The first-order valence-electron chi connectivity index (χ1n) is 16.0. The number of aliphatic carboxylic acids is 1. The minimum Gasteiger partial charge on any atom is -0.481 e. The minimum atomic E-state index is -1.42. The van der Waals surface area contributed by atoms with E-state index in [2.05, 4.69) is 26.2 Å². The first-order chi connectivity index (χ1) is 23.2. The lowest BCUT2D eigenvalue weighted by molar-refractivity contribution is -0.143. The van der Waals surface area contributed by atoms with Gasteiger partial charge in [0, 0.05) is 18.5 Å². The molecule has 3 N–H and O–H groups in total. The first-order valence-corrected chi connectivity index (χ1v) is 16.0. The molecule has 1 aromatic heterocycles. The van der Waals surface area contributed by atoms with Crippen LogP contribution in [0, 0.1) is 0 Å². The Hall–Kier alpha value is -5.47. The van der Waals surface area contributed by atoms with E-state index in [0.717, 1.165) is 5.56 Å². The molecule has 1 aliphatic rings. The van der Waals surface area contributed by atoms with Gasteiger partial charge in [-0.3, -0.25) is 24.0 Å². The second-order valence-electron chi connectivity index (χ2n) is 12.9.